The van der Waals surface area contributed by atoms with E-state index in [0.29, 0.717) is 21.6 Å². The molecule has 0 atom stereocenters. The molecule has 6 aromatic carbocycles. The SMILES string of the molecule is CS(=O)(=O)OCCSc1cn(C(c2ccccc2)(c2ccccc2)c2ccccc2)nn1.CS(=O)(=O)OCCSc1cnn(C(c2ccccc2)(c2ccccc2)c2ccccc2)n1. The Morgan fingerprint density at radius 2 is 0.812 bits per heavy atom. The molecular formula is C48H46N6O6S4. The lowest BCUT2D eigenvalue weighted by Crippen LogP contribution is -2.39. The van der Waals surface area contributed by atoms with Crippen molar-refractivity contribution in [1.82, 2.24) is 30.0 Å². The molecule has 0 aliphatic rings. The van der Waals surface area contributed by atoms with Gasteiger partial charge in [-0.25, -0.2) is 4.68 Å². The van der Waals surface area contributed by atoms with Crippen molar-refractivity contribution >= 4 is 43.8 Å². The van der Waals surface area contributed by atoms with Crippen molar-refractivity contribution in [2.24, 2.45) is 0 Å². The van der Waals surface area contributed by atoms with E-state index in [1.54, 1.807) is 11.0 Å². The number of nitrogens with zero attached hydrogens (tertiary/aromatic N) is 6. The topological polar surface area (TPSA) is 148 Å². The van der Waals surface area contributed by atoms with Crippen molar-refractivity contribution in [1.29, 1.82) is 0 Å². The number of thioether (sulfide) groups is 2. The molecule has 2 heterocycles. The average Bonchev–Trinajstić information content (AvgIpc) is 4.00. The van der Waals surface area contributed by atoms with Gasteiger partial charge in [0.15, 0.2) is 5.54 Å². The van der Waals surface area contributed by atoms with Gasteiger partial charge in [0, 0.05) is 11.5 Å². The first-order chi connectivity index (χ1) is 31.0. The fourth-order valence-electron chi connectivity index (χ4n) is 7.44. The molecule has 0 saturated carbocycles. The van der Waals surface area contributed by atoms with Gasteiger partial charge >= 0.3 is 0 Å². The van der Waals surface area contributed by atoms with Gasteiger partial charge in [-0.2, -0.15) is 26.7 Å². The molecule has 0 fully saturated rings. The number of aromatic nitrogens is 6. The predicted molar refractivity (Wildman–Crippen MR) is 252 cm³/mol. The van der Waals surface area contributed by atoms with Crippen molar-refractivity contribution in [2.75, 3.05) is 37.2 Å². The van der Waals surface area contributed by atoms with E-state index in [4.69, 9.17) is 13.5 Å². The highest BCUT2D eigenvalue weighted by molar-refractivity contribution is 7.99. The number of benzene rings is 6. The van der Waals surface area contributed by atoms with E-state index < -0.39 is 31.3 Å². The van der Waals surface area contributed by atoms with Crippen molar-refractivity contribution in [3.05, 3.63) is 228 Å². The average molecular weight is 931 g/mol. The third-order valence-corrected chi connectivity index (χ3v) is 12.9. The summed E-state index contributed by atoms with van der Waals surface area (Å²) in [5.74, 6) is 0.890. The first kappa shape index (κ1) is 46.1. The number of rotatable bonds is 18. The summed E-state index contributed by atoms with van der Waals surface area (Å²) >= 11 is 2.80. The Kier molecular flexibility index (Phi) is 15.3. The normalized spacial score (nSPS) is 12.0. The maximum atomic E-state index is 11.2. The Labute approximate surface area is 382 Å². The lowest BCUT2D eigenvalue weighted by molar-refractivity contribution is 0.344. The van der Waals surface area contributed by atoms with Gasteiger partial charge in [0.05, 0.1) is 38.1 Å². The standard InChI is InChI=1S/2C24H23N3O3S2/c1-32(28,29)30-17-18-31-23-19-27(26-25-23)24(20-11-5-2-6-12-20,21-13-7-3-8-14-21)22-15-9-4-10-16-22;1-32(28,29)30-17-18-31-23-19-25-27(26-23)24(20-11-5-2-6-12-20,21-13-7-3-8-14-21)22-15-9-4-10-16-22/h2*2-16,19H,17-18H2,1H3. The van der Waals surface area contributed by atoms with E-state index in [0.717, 1.165) is 45.9 Å². The van der Waals surface area contributed by atoms with Crippen LogP contribution in [0.15, 0.2) is 204 Å². The molecule has 0 aliphatic heterocycles. The molecule has 2 aromatic heterocycles. The monoisotopic (exact) mass is 930 g/mol. The fraction of sp³-hybridized carbons (Fsp3) is 0.167. The second-order valence-electron chi connectivity index (χ2n) is 14.3. The van der Waals surface area contributed by atoms with Crippen molar-refractivity contribution in [3.63, 3.8) is 0 Å². The van der Waals surface area contributed by atoms with Gasteiger partial charge in [0.1, 0.15) is 15.6 Å². The molecule has 328 valence electrons. The molecule has 0 saturated heterocycles. The van der Waals surface area contributed by atoms with Gasteiger partial charge in [-0.1, -0.05) is 187 Å². The summed E-state index contributed by atoms with van der Waals surface area (Å²) < 4.78 is 56.3. The first-order valence-electron chi connectivity index (χ1n) is 20.1. The van der Waals surface area contributed by atoms with Gasteiger partial charge in [-0.3, -0.25) is 8.37 Å². The third kappa shape index (κ3) is 11.1. The summed E-state index contributed by atoms with van der Waals surface area (Å²) in [4.78, 5) is 1.74. The molecule has 8 aromatic rings. The Morgan fingerprint density at radius 1 is 0.484 bits per heavy atom. The zero-order chi connectivity index (χ0) is 44.9. The smallest absolute Gasteiger partial charge is 0.264 e. The zero-order valence-electron chi connectivity index (χ0n) is 35.1. The van der Waals surface area contributed by atoms with Crippen molar-refractivity contribution in [2.45, 2.75) is 21.1 Å². The highest BCUT2D eigenvalue weighted by atomic mass is 32.2. The minimum Gasteiger partial charge on any atom is -0.269 e. The molecule has 0 amide bonds. The third-order valence-electron chi connectivity index (χ3n) is 10.00. The number of hydrogen-bond donors (Lipinski definition) is 0. The second-order valence-corrected chi connectivity index (χ2v) is 19.9. The minimum atomic E-state index is -3.46. The molecule has 0 radical (unpaired) electrons. The van der Waals surface area contributed by atoms with E-state index in [2.05, 4.69) is 88.2 Å². The van der Waals surface area contributed by atoms with Crippen LogP contribution >= 0.6 is 23.5 Å². The highest BCUT2D eigenvalue weighted by Crippen LogP contribution is 2.42. The zero-order valence-corrected chi connectivity index (χ0v) is 38.3. The summed E-state index contributed by atoms with van der Waals surface area (Å²) in [6, 6.07) is 61.2. The van der Waals surface area contributed by atoms with Crippen LogP contribution < -0.4 is 0 Å². The largest absolute Gasteiger partial charge is 0.269 e. The summed E-state index contributed by atoms with van der Waals surface area (Å²) in [7, 11) is -6.92. The van der Waals surface area contributed by atoms with E-state index in [1.165, 1.54) is 23.5 Å². The van der Waals surface area contributed by atoms with E-state index >= 15 is 0 Å². The van der Waals surface area contributed by atoms with Crippen LogP contribution in [0.3, 0.4) is 0 Å². The van der Waals surface area contributed by atoms with Crippen LogP contribution in [0.25, 0.3) is 0 Å². The Balaban J connectivity index is 0.000000191. The van der Waals surface area contributed by atoms with Crippen LogP contribution in [0.2, 0.25) is 0 Å². The Bertz CT molecular complexity index is 2500. The van der Waals surface area contributed by atoms with Gasteiger partial charge in [-0.05, 0) is 33.4 Å². The van der Waals surface area contributed by atoms with E-state index in [1.807, 2.05) is 120 Å². The van der Waals surface area contributed by atoms with Crippen LogP contribution in [0, 0.1) is 0 Å². The van der Waals surface area contributed by atoms with Crippen molar-refractivity contribution < 1.29 is 25.2 Å². The number of hydrogen-bond acceptors (Lipinski definition) is 12. The fourth-order valence-corrected chi connectivity index (χ4v) is 9.70. The molecule has 0 aliphatic carbocycles. The molecule has 0 spiro atoms. The second kappa shape index (κ2) is 21.2. The molecule has 16 heteroatoms. The predicted octanol–water partition coefficient (Wildman–Crippen LogP) is 8.37. The molecule has 8 rings (SSSR count). The Morgan fingerprint density at radius 3 is 1.16 bits per heavy atom. The van der Waals surface area contributed by atoms with Gasteiger partial charge in [-0.15, -0.1) is 33.7 Å². The first-order valence-corrected chi connectivity index (χ1v) is 25.7. The molecule has 0 unspecified atom stereocenters. The van der Waals surface area contributed by atoms with Crippen LogP contribution in [0.5, 0.6) is 0 Å². The van der Waals surface area contributed by atoms with Crippen LogP contribution in [-0.4, -0.2) is 84.1 Å². The van der Waals surface area contributed by atoms with Gasteiger partial charge < -0.3 is 0 Å². The summed E-state index contributed by atoms with van der Waals surface area (Å²) in [6.45, 7) is 0.162. The van der Waals surface area contributed by atoms with E-state index in [9.17, 15) is 16.8 Å². The van der Waals surface area contributed by atoms with Crippen molar-refractivity contribution in [3.8, 4) is 0 Å². The molecule has 64 heavy (non-hydrogen) atoms. The maximum absolute atomic E-state index is 11.2. The molecule has 12 nitrogen and oxygen atoms in total. The Hall–Kier alpha value is -5.88. The summed E-state index contributed by atoms with van der Waals surface area (Å²) in [5, 5.41) is 19.8. The van der Waals surface area contributed by atoms with Gasteiger partial charge in [0.2, 0.25) is 0 Å². The van der Waals surface area contributed by atoms with Gasteiger partial charge in [0.25, 0.3) is 20.2 Å². The van der Waals surface area contributed by atoms with E-state index in [-0.39, 0.29) is 13.2 Å². The molecular weight excluding hydrogens is 885 g/mol. The maximum Gasteiger partial charge on any atom is 0.264 e. The molecule has 0 N–H and O–H groups in total. The van der Waals surface area contributed by atoms with Crippen LogP contribution in [-0.2, 0) is 39.7 Å². The highest BCUT2D eigenvalue weighted by Gasteiger charge is 2.41. The quantitative estimate of drug-likeness (QED) is 0.0352. The minimum absolute atomic E-state index is 0.0809. The lowest BCUT2D eigenvalue weighted by atomic mass is 9.77. The lowest BCUT2D eigenvalue weighted by Gasteiger charge is -2.35. The van der Waals surface area contributed by atoms with Crippen LogP contribution in [0.1, 0.15) is 33.4 Å². The molecule has 0 bridgehead atoms. The summed E-state index contributed by atoms with van der Waals surface area (Å²) in [6.07, 6.45) is 5.69. The summed E-state index contributed by atoms with van der Waals surface area (Å²) in [5.41, 5.74) is 4.77. The van der Waals surface area contributed by atoms with Crippen LogP contribution in [0.4, 0.5) is 0 Å².